The van der Waals surface area contributed by atoms with Crippen LogP contribution in [-0.2, 0) is 4.74 Å². The summed E-state index contributed by atoms with van der Waals surface area (Å²) in [6.45, 7) is 5.33. The summed E-state index contributed by atoms with van der Waals surface area (Å²) in [6.07, 6.45) is 2.44. The minimum absolute atomic E-state index is 0.179. The van der Waals surface area contributed by atoms with Crippen molar-refractivity contribution >= 4 is 0 Å². The van der Waals surface area contributed by atoms with E-state index >= 15 is 0 Å². The maximum absolute atomic E-state index is 9.60. The molecule has 0 aliphatic carbocycles. The van der Waals surface area contributed by atoms with Crippen LogP contribution in [-0.4, -0.2) is 55.5 Å². The van der Waals surface area contributed by atoms with E-state index in [0.29, 0.717) is 6.54 Å². The Morgan fingerprint density at radius 3 is 2.64 bits per heavy atom. The summed E-state index contributed by atoms with van der Waals surface area (Å²) in [5.74, 6) is 0. The molecule has 84 valence electrons. The van der Waals surface area contributed by atoms with E-state index in [9.17, 15) is 5.11 Å². The topological polar surface area (TPSA) is 58.7 Å². The van der Waals surface area contributed by atoms with Gasteiger partial charge < -0.3 is 15.6 Å². The van der Waals surface area contributed by atoms with Gasteiger partial charge in [-0.1, -0.05) is 0 Å². The fraction of sp³-hybridized carbons (Fsp3) is 1.00. The summed E-state index contributed by atoms with van der Waals surface area (Å²) in [7, 11) is 0. The molecule has 1 aliphatic heterocycles. The Hall–Kier alpha value is -0.160. The van der Waals surface area contributed by atoms with Crippen molar-refractivity contribution < 1.29 is 9.84 Å². The number of nitrogens with zero attached hydrogens (tertiary/aromatic N) is 1. The van der Waals surface area contributed by atoms with Gasteiger partial charge in [0.1, 0.15) is 0 Å². The van der Waals surface area contributed by atoms with Gasteiger partial charge in [-0.25, -0.2) is 0 Å². The van der Waals surface area contributed by atoms with E-state index in [1.165, 1.54) is 0 Å². The molecule has 1 fully saturated rings. The van der Waals surface area contributed by atoms with Gasteiger partial charge in [0, 0.05) is 19.6 Å². The van der Waals surface area contributed by atoms with Crippen LogP contribution in [0, 0.1) is 0 Å². The molecule has 0 aromatic rings. The monoisotopic (exact) mass is 202 g/mol. The molecule has 1 saturated heterocycles. The summed E-state index contributed by atoms with van der Waals surface area (Å²) in [4.78, 5) is 2.34. The normalized spacial score (nSPS) is 21.0. The maximum atomic E-state index is 9.60. The maximum Gasteiger partial charge on any atom is 0.0594 e. The smallest absolute Gasteiger partial charge is 0.0594 e. The second-order valence-electron chi connectivity index (χ2n) is 3.83. The van der Waals surface area contributed by atoms with Gasteiger partial charge in [-0.3, -0.25) is 4.90 Å². The number of nitrogens with two attached hydrogens (primary N) is 1. The Morgan fingerprint density at radius 2 is 2.00 bits per heavy atom. The molecule has 0 saturated carbocycles. The zero-order valence-electron chi connectivity index (χ0n) is 8.82. The minimum atomic E-state index is -0.179. The van der Waals surface area contributed by atoms with Crippen LogP contribution in [0.1, 0.15) is 19.3 Å². The molecule has 0 aromatic heterocycles. The van der Waals surface area contributed by atoms with E-state index in [2.05, 4.69) is 4.90 Å². The van der Waals surface area contributed by atoms with Gasteiger partial charge in [0.25, 0.3) is 0 Å². The fourth-order valence-corrected chi connectivity index (χ4v) is 1.65. The molecule has 0 spiro atoms. The highest BCUT2D eigenvalue weighted by molar-refractivity contribution is 4.65. The quantitative estimate of drug-likeness (QED) is 0.627. The van der Waals surface area contributed by atoms with Crippen LogP contribution >= 0.6 is 0 Å². The zero-order chi connectivity index (χ0) is 10.2. The van der Waals surface area contributed by atoms with E-state index in [1.54, 1.807) is 0 Å². The van der Waals surface area contributed by atoms with Crippen LogP contribution in [0.3, 0.4) is 0 Å². The molecule has 0 bridgehead atoms. The molecule has 1 heterocycles. The molecule has 4 heteroatoms. The van der Waals surface area contributed by atoms with E-state index < -0.39 is 0 Å². The summed E-state index contributed by atoms with van der Waals surface area (Å²) in [5.41, 5.74) is 5.38. The highest BCUT2D eigenvalue weighted by Crippen LogP contribution is 2.04. The van der Waals surface area contributed by atoms with Crippen molar-refractivity contribution in [3.63, 3.8) is 0 Å². The summed E-state index contributed by atoms with van der Waals surface area (Å²) in [5, 5.41) is 9.60. The lowest BCUT2D eigenvalue weighted by Crippen LogP contribution is -2.37. The second kappa shape index (κ2) is 7.17. The van der Waals surface area contributed by atoms with Gasteiger partial charge in [-0.15, -0.1) is 0 Å². The highest BCUT2D eigenvalue weighted by Gasteiger charge is 2.11. The first-order chi connectivity index (χ1) is 6.83. The summed E-state index contributed by atoms with van der Waals surface area (Å²) in [6, 6.07) is 0. The molecule has 1 aliphatic rings. The lowest BCUT2D eigenvalue weighted by Gasteiger charge is -2.27. The van der Waals surface area contributed by atoms with E-state index in [0.717, 1.165) is 52.1 Å². The first-order valence-electron chi connectivity index (χ1n) is 5.51. The van der Waals surface area contributed by atoms with Crippen molar-refractivity contribution in [3.05, 3.63) is 0 Å². The first kappa shape index (κ1) is 11.9. The third-order valence-electron chi connectivity index (χ3n) is 2.62. The number of hydrogen-bond donors (Lipinski definition) is 2. The number of aliphatic hydroxyl groups is 1. The molecule has 0 aromatic carbocycles. The average molecular weight is 202 g/mol. The lowest BCUT2D eigenvalue weighted by atomic mass is 10.1. The SMILES string of the molecule is NCCCC(O)CCN1CCOCC1. The van der Waals surface area contributed by atoms with Crippen molar-refractivity contribution in [1.82, 2.24) is 4.90 Å². The molecule has 14 heavy (non-hydrogen) atoms. The van der Waals surface area contributed by atoms with Crippen LogP contribution in [0.4, 0.5) is 0 Å². The number of hydrogen-bond acceptors (Lipinski definition) is 4. The molecule has 1 atom stereocenters. The standard InChI is InChI=1S/C10H22N2O2/c11-4-1-2-10(13)3-5-12-6-8-14-9-7-12/h10,13H,1-9,11H2. The second-order valence-corrected chi connectivity index (χ2v) is 3.83. The third-order valence-corrected chi connectivity index (χ3v) is 2.62. The first-order valence-corrected chi connectivity index (χ1v) is 5.51. The van der Waals surface area contributed by atoms with Gasteiger partial charge in [0.15, 0.2) is 0 Å². The van der Waals surface area contributed by atoms with Crippen LogP contribution in [0.2, 0.25) is 0 Å². The fourth-order valence-electron chi connectivity index (χ4n) is 1.65. The predicted molar refractivity (Wildman–Crippen MR) is 56.2 cm³/mol. The Kier molecular flexibility index (Phi) is 6.10. The lowest BCUT2D eigenvalue weighted by molar-refractivity contribution is 0.0294. The third kappa shape index (κ3) is 4.91. The molecular formula is C10H22N2O2. The highest BCUT2D eigenvalue weighted by atomic mass is 16.5. The number of ether oxygens (including phenoxy) is 1. The van der Waals surface area contributed by atoms with Crippen molar-refractivity contribution in [2.75, 3.05) is 39.4 Å². The molecule has 0 amide bonds. The number of morpholine rings is 1. The van der Waals surface area contributed by atoms with Gasteiger partial charge >= 0.3 is 0 Å². The van der Waals surface area contributed by atoms with Crippen molar-refractivity contribution in [2.24, 2.45) is 5.73 Å². The van der Waals surface area contributed by atoms with Crippen LogP contribution < -0.4 is 5.73 Å². The molecule has 3 N–H and O–H groups in total. The van der Waals surface area contributed by atoms with E-state index in [-0.39, 0.29) is 6.10 Å². The molecule has 4 nitrogen and oxygen atoms in total. The summed E-state index contributed by atoms with van der Waals surface area (Å²) < 4.78 is 5.25. The molecule has 0 radical (unpaired) electrons. The van der Waals surface area contributed by atoms with Crippen LogP contribution in [0.15, 0.2) is 0 Å². The van der Waals surface area contributed by atoms with Crippen molar-refractivity contribution in [3.8, 4) is 0 Å². The van der Waals surface area contributed by atoms with Gasteiger partial charge in [0.2, 0.25) is 0 Å². The molecule has 1 rings (SSSR count). The predicted octanol–water partition coefficient (Wildman–Crippen LogP) is -0.191. The van der Waals surface area contributed by atoms with Gasteiger partial charge in [-0.2, -0.15) is 0 Å². The van der Waals surface area contributed by atoms with Crippen molar-refractivity contribution in [2.45, 2.75) is 25.4 Å². The largest absolute Gasteiger partial charge is 0.393 e. The Bertz CT molecular complexity index is 138. The number of aliphatic hydroxyl groups excluding tert-OH is 1. The Balaban J connectivity index is 2.00. The van der Waals surface area contributed by atoms with E-state index in [1.807, 2.05) is 0 Å². The van der Waals surface area contributed by atoms with Crippen molar-refractivity contribution in [1.29, 1.82) is 0 Å². The number of rotatable bonds is 6. The Labute approximate surface area is 86.0 Å². The summed E-state index contributed by atoms with van der Waals surface area (Å²) >= 11 is 0. The van der Waals surface area contributed by atoms with E-state index in [4.69, 9.17) is 10.5 Å². The minimum Gasteiger partial charge on any atom is -0.393 e. The zero-order valence-corrected chi connectivity index (χ0v) is 8.82. The van der Waals surface area contributed by atoms with Gasteiger partial charge in [0.05, 0.1) is 19.3 Å². The van der Waals surface area contributed by atoms with Crippen LogP contribution in [0.5, 0.6) is 0 Å². The van der Waals surface area contributed by atoms with Crippen LogP contribution in [0.25, 0.3) is 0 Å². The van der Waals surface area contributed by atoms with Gasteiger partial charge in [-0.05, 0) is 25.8 Å². The Morgan fingerprint density at radius 1 is 1.29 bits per heavy atom. The molecule has 1 unspecified atom stereocenters. The molecular weight excluding hydrogens is 180 g/mol. The average Bonchev–Trinajstić information content (AvgIpc) is 2.25.